The van der Waals surface area contributed by atoms with E-state index in [0.717, 1.165) is 5.56 Å². The summed E-state index contributed by atoms with van der Waals surface area (Å²) in [5.74, 6) is -1.64. The average Bonchev–Trinajstić information content (AvgIpc) is 2.84. The molecule has 1 aliphatic heterocycles. The van der Waals surface area contributed by atoms with E-state index >= 15 is 0 Å². The number of hydrogen-bond donors (Lipinski definition) is 2. The van der Waals surface area contributed by atoms with Gasteiger partial charge in [0.25, 0.3) is 5.91 Å². The molecule has 6 nitrogen and oxygen atoms in total. The Balaban J connectivity index is 2.03. The summed E-state index contributed by atoms with van der Waals surface area (Å²) in [5, 5.41) is 15.2. The molecule has 0 saturated heterocycles. The third kappa shape index (κ3) is 2.85. The fourth-order valence-corrected chi connectivity index (χ4v) is 1.77. The van der Waals surface area contributed by atoms with Crippen LogP contribution in [0.3, 0.4) is 0 Å². The molecule has 1 aromatic carbocycles. The van der Waals surface area contributed by atoms with Gasteiger partial charge in [-0.05, 0) is 24.6 Å². The van der Waals surface area contributed by atoms with Gasteiger partial charge in [-0.1, -0.05) is 22.8 Å². The van der Waals surface area contributed by atoms with Crippen LogP contribution in [0.15, 0.2) is 23.4 Å². The monoisotopic (exact) mass is 282 g/mol. The van der Waals surface area contributed by atoms with Crippen molar-refractivity contribution >= 4 is 34.9 Å². The predicted molar refractivity (Wildman–Crippen MR) is 69.4 cm³/mol. The van der Waals surface area contributed by atoms with E-state index in [4.69, 9.17) is 21.5 Å². The Hall–Kier alpha value is -2.08. The van der Waals surface area contributed by atoms with Crippen molar-refractivity contribution in [2.45, 2.75) is 19.4 Å². The second-order valence-corrected chi connectivity index (χ2v) is 4.45. The molecule has 1 atom stereocenters. The molecule has 19 heavy (non-hydrogen) atoms. The van der Waals surface area contributed by atoms with Gasteiger partial charge in [0.05, 0.1) is 0 Å². The van der Waals surface area contributed by atoms with Crippen molar-refractivity contribution in [3.05, 3.63) is 28.8 Å². The second kappa shape index (κ2) is 5.27. The van der Waals surface area contributed by atoms with Crippen molar-refractivity contribution in [2.24, 2.45) is 5.16 Å². The summed E-state index contributed by atoms with van der Waals surface area (Å²) in [7, 11) is 0. The summed E-state index contributed by atoms with van der Waals surface area (Å²) in [5.41, 5.74) is 1.13. The van der Waals surface area contributed by atoms with Crippen LogP contribution in [-0.2, 0) is 14.4 Å². The van der Waals surface area contributed by atoms with Crippen molar-refractivity contribution in [3.8, 4) is 0 Å². The summed E-state index contributed by atoms with van der Waals surface area (Å²) >= 11 is 5.94. The molecule has 0 aliphatic carbocycles. The van der Waals surface area contributed by atoms with E-state index in [1.165, 1.54) is 0 Å². The van der Waals surface area contributed by atoms with E-state index in [0.29, 0.717) is 10.7 Å². The lowest BCUT2D eigenvalue weighted by atomic mass is 10.1. The van der Waals surface area contributed by atoms with E-state index < -0.39 is 18.0 Å². The highest BCUT2D eigenvalue weighted by Gasteiger charge is 2.31. The number of aliphatic carboxylic acids is 1. The standard InChI is InChI=1S/C12H11ClN2O4/c1-6-7(13)3-2-4-8(6)14-11(16)10-5-9(12(17)18)15-19-10/h2-4,10H,5H2,1H3,(H,14,16)(H,17,18). The van der Waals surface area contributed by atoms with Crippen molar-refractivity contribution in [2.75, 3.05) is 5.32 Å². The number of carbonyl (C=O) groups excluding carboxylic acids is 1. The first-order valence-electron chi connectivity index (χ1n) is 5.51. The van der Waals surface area contributed by atoms with Gasteiger partial charge in [0.15, 0.2) is 5.71 Å². The number of benzene rings is 1. The molecule has 0 radical (unpaired) electrons. The average molecular weight is 283 g/mol. The van der Waals surface area contributed by atoms with E-state index in [9.17, 15) is 9.59 Å². The molecule has 1 heterocycles. The first-order chi connectivity index (χ1) is 8.99. The highest BCUT2D eigenvalue weighted by atomic mass is 35.5. The number of nitrogens with one attached hydrogen (secondary N) is 1. The minimum absolute atomic E-state index is 0.0548. The van der Waals surface area contributed by atoms with Crippen LogP contribution in [0, 0.1) is 6.92 Å². The third-order valence-electron chi connectivity index (χ3n) is 2.73. The summed E-state index contributed by atoms with van der Waals surface area (Å²) < 4.78 is 0. The molecule has 7 heteroatoms. The molecule has 0 saturated carbocycles. The lowest BCUT2D eigenvalue weighted by molar-refractivity contribution is -0.129. The molecular formula is C12H11ClN2O4. The Morgan fingerprint density at radius 2 is 2.26 bits per heavy atom. The smallest absolute Gasteiger partial charge is 0.353 e. The summed E-state index contributed by atoms with van der Waals surface area (Å²) in [4.78, 5) is 27.4. The van der Waals surface area contributed by atoms with E-state index in [-0.39, 0.29) is 12.1 Å². The number of rotatable bonds is 3. The number of carbonyl (C=O) groups is 2. The number of oxime groups is 1. The minimum atomic E-state index is -1.19. The highest BCUT2D eigenvalue weighted by Crippen LogP contribution is 2.23. The Morgan fingerprint density at radius 3 is 2.89 bits per heavy atom. The molecule has 0 spiro atoms. The predicted octanol–water partition coefficient (Wildman–Crippen LogP) is 1.82. The topological polar surface area (TPSA) is 88.0 Å². The van der Waals surface area contributed by atoms with Crippen LogP contribution in [0.2, 0.25) is 5.02 Å². The van der Waals surface area contributed by atoms with Crippen LogP contribution >= 0.6 is 11.6 Å². The van der Waals surface area contributed by atoms with Crippen LogP contribution in [-0.4, -0.2) is 28.8 Å². The van der Waals surface area contributed by atoms with Crippen molar-refractivity contribution in [1.29, 1.82) is 0 Å². The molecular weight excluding hydrogens is 272 g/mol. The van der Waals surface area contributed by atoms with Crippen molar-refractivity contribution in [1.82, 2.24) is 0 Å². The van der Waals surface area contributed by atoms with E-state index in [1.54, 1.807) is 25.1 Å². The summed E-state index contributed by atoms with van der Waals surface area (Å²) in [6.07, 6.45) is -0.981. The zero-order valence-corrected chi connectivity index (χ0v) is 10.8. The maximum Gasteiger partial charge on any atom is 0.353 e. The quantitative estimate of drug-likeness (QED) is 0.885. The first-order valence-corrected chi connectivity index (χ1v) is 5.89. The van der Waals surface area contributed by atoms with Crippen molar-refractivity contribution < 1.29 is 19.5 Å². The number of nitrogens with zero attached hydrogens (tertiary/aromatic N) is 1. The lowest BCUT2D eigenvalue weighted by Gasteiger charge is -2.12. The van der Waals surface area contributed by atoms with Crippen LogP contribution in [0.1, 0.15) is 12.0 Å². The molecule has 2 rings (SSSR count). The lowest BCUT2D eigenvalue weighted by Crippen LogP contribution is -2.29. The highest BCUT2D eigenvalue weighted by molar-refractivity contribution is 6.36. The van der Waals surface area contributed by atoms with Crippen LogP contribution < -0.4 is 5.32 Å². The van der Waals surface area contributed by atoms with Gasteiger partial charge in [-0.15, -0.1) is 0 Å². The van der Waals surface area contributed by atoms with Gasteiger partial charge in [0.1, 0.15) is 0 Å². The number of halogens is 1. The normalized spacial score (nSPS) is 17.6. The van der Waals surface area contributed by atoms with Gasteiger partial charge in [-0.25, -0.2) is 4.79 Å². The zero-order valence-electron chi connectivity index (χ0n) is 10.0. The molecule has 1 aromatic rings. The maximum atomic E-state index is 11.9. The third-order valence-corrected chi connectivity index (χ3v) is 3.14. The Morgan fingerprint density at radius 1 is 1.53 bits per heavy atom. The number of carboxylic acid groups (broad SMARTS) is 1. The summed E-state index contributed by atoms with van der Waals surface area (Å²) in [6, 6.07) is 5.12. The van der Waals surface area contributed by atoms with E-state index in [1.807, 2.05) is 0 Å². The molecule has 1 aliphatic rings. The molecule has 0 fully saturated rings. The molecule has 1 unspecified atom stereocenters. The van der Waals surface area contributed by atoms with Gasteiger partial charge in [-0.2, -0.15) is 0 Å². The van der Waals surface area contributed by atoms with Gasteiger partial charge < -0.3 is 15.3 Å². The Labute approximate surface area is 114 Å². The fraction of sp³-hybridized carbons (Fsp3) is 0.250. The number of hydrogen-bond acceptors (Lipinski definition) is 4. The van der Waals surface area contributed by atoms with Gasteiger partial charge >= 0.3 is 5.97 Å². The van der Waals surface area contributed by atoms with Crippen LogP contribution in [0.4, 0.5) is 5.69 Å². The number of amides is 1. The minimum Gasteiger partial charge on any atom is -0.477 e. The Bertz CT molecular complexity index is 571. The second-order valence-electron chi connectivity index (χ2n) is 4.04. The Kier molecular flexibility index (Phi) is 3.71. The van der Waals surface area contributed by atoms with E-state index in [2.05, 4.69) is 10.5 Å². The maximum absolute atomic E-state index is 11.9. The van der Waals surface area contributed by atoms with Gasteiger partial charge in [0.2, 0.25) is 6.10 Å². The molecule has 0 aromatic heterocycles. The summed E-state index contributed by atoms with van der Waals surface area (Å²) in [6.45, 7) is 1.77. The van der Waals surface area contributed by atoms with Crippen LogP contribution in [0.5, 0.6) is 0 Å². The number of carboxylic acids is 1. The largest absolute Gasteiger partial charge is 0.477 e. The van der Waals surface area contributed by atoms with Crippen molar-refractivity contribution in [3.63, 3.8) is 0 Å². The number of anilines is 1. The van der Waals surface area contributed by atoms with Gasteiger partial charge in [-0.3, -0.25) is 4.79 Å². The molecule has 1 amide bonds. The SMILES string of the molecule is Cc1c(Cl)cccc1NC(=O)C1CC(C(=O)O)=NO1. The first kappa shape index (κ1) is 13.4. The van der Waals surface area contributed by atoms with Crippen LogP contribution in [0.25, 0.3) is 0 Å². The molecule has 2 N–H and O–H groups in total. The van der Waals surface area contributed by atoms with Gasteiger partial charge in [0, 0.05) is 17.1 Å². The molecule has 100 valence electrons. The fourth-order valence-electron chi connectivity index (χ4n) is 1.60. The zero-order chi connectivity index (χ0) is 14.0. The molecule has 0 bridgehead atoms.